The molecular formula is C14H20N4. The van der Waals surface area contributed by atoms with Gasteiger partial charge in [-0.05, 0) is 31.5 Å². The number of aromatic nitrogens is 2. The highest BCUT2D eigenvalue weighted by Crippen LogP contribution is 2.22. The third-order valence-corrected chi connectivity index (χ3v) is 3.91. The van der Waals surface area contributed by atoms with E-state index < -0.39 is 0 Å². The molecule has 0 aliphatic carbocycles. The average Bonchev–Trinajstić information content (AvgIpc) is 2.97. The summed E-state index contributed by atoms with van der Waals surface area (Å²) < 4.78 is 1.97. The van der Waals surface area contributed by atoms with Gasteiger partial charge < -0.3 is 5.73 Å². The van der Waals surface area contributed by atoms with Crippen LogP contribution in [0.4, 0.5) is 0 Å². The molecule has 0 radical (unpaired) electrons. The first-order valence-corrected chi connectivity index (χ1v) is 6.61. The van der Waals surface area contributed by atoms with Crippen LogP contribution >= 0.6 is 0 Å². The lowest BCUT2D eigenvalue weighted by atomic mass is 10.1. The number of aryl methyl sites for hydroxylation is 1. The first-order chi connectivity index (χ1) is 8.78. The number of likely N-dealkylation sites (tertiary alicyclic amines) is 1. The van der Waals surface area contributed by atoms with Crippen molar-refractivity contribution in [3.63, 3.8) is 0 Å². The molecule has 2 aromatic rings. The normalized spacial score (nSPS) is 20.9. The SMILES string of the molecule is Cn1nc(CN2CCC(CN)C2)c2ccccc21. The van der Waals surface area contributed by atoms with Crippen molar-refractivity contribution in [3.05, 3.63) is 30.0 Å². The Hall–Kier alpha value is -1.39. The minimum Gasteiger partial charge on any atom is -0.330 e. The second-order valence-electron chi connectivity index (χ2n) is 5.21. The molecule has 0 spiro atoms. The Morgan fingerprint density at radius 1 is 1.39 bits per heavy atom. The van der Waals surface area contributed by atoms with Gasteiger partial charge in [-0.15, -0.1) is 0 Å². The molecule has 0 saturated carbocycles. The van der Waals surface area contributed by atoms with Gasteiger partial charge in [0.15, 0.2) is 0 Å². The lowest BCUT2D eigenvalue weighted by Crippen LogP contribution is -2.23. The fourth-order valence-corrected chi connectivity index (χ4v) is 2.87. The second-order valence-corrected chi connectivity index (χ2v) is 5.21. The standard InChI is InChI=1S/C14H20N4/c1-17-14-5-3-2-4-12(14)13(16-17)10-18-7-6-11(8-15)9-18/h2-5,11H,6-10,15H2,1H3. The van der Waals surface area contributed by atoms with Crippen molar-refractivity contribution in [2.75, 3.05) is 19.6 Å². The van der Waals surface area contributed by atoms with Crippen LogP contribution in [0, 0.1) is 5.92 Å². The molecule has 1 saturated heterocycles. The van der Waals surface area contributed by atoms with Gasteiger partial charge in [-0.25, -0.2) is 0 Å². The summed E-state index contributed by atoms with van der Waals surface area (Å²) in [7, 11) is 2.01. The van der Waals surface area contributed by atoms with Crippen molar-refractivity contribution in [2.45, 2.75) is 13.0 Å². The Kier molecular flexibility index (Phi) is 3.06. The fraction of sp³-hybridized carbons (Fsp3) is 0.500. The molecule has 1 atom stereocenters. The Balaban J connectivity index is 1.83. The van der Waals surface area contributed by atoms with Crippen LogP contribution in [0.15, 0.2) is 24.3 Å². The summed E-state index contributed by atoms with van der Waals surface area (Å²) in [6.07, 6.45) is 1.22. The molecule has 1 aliphatic rings. The summed E-state index contributed by atoms with van der Waals surface area (Å²) in [4.78, 5) is 2.46. The molecule has 0 bridgehead atoms. The van der Waals surface area contributed by atoms with Crippen molar-refractivity contribution < 1.29 is 0 Å². The largest absolute Gasteiger partial charge is 0.330 e. The number of hydrogen-bond acceptors (Lipinski definition) is 3. The van der Waals surface area contributed by atoms with Crippen molar-refractivity contribution in [3.8, 4) is 0 Å². The van der Waals surface area contributed by atoms with E-state index in [2.05, 4.69) is 34.3 Å². The highest BCUT2D eigenvalue weighted by molar-refractivity contribution is 5.81. The first kappa shape index (κ1) is 11.7. The molecule has 96 valence electrons. The minimum atomic E-state index is 0.667. The van der Waals surface area contributed by atoms with Crippen molar-refractivity contribution in [1.29, 1.82) is 0 Å². The summed E-state index contributed by atoms with van der Waals surface area (Å²) in [6, 6.07) is 8.43. The van der Waals surface area contributed by atoms with E-state index in [1.165, 1.54) is 23.0 Å². The third-order valence-electron chi connectivity index (χ3n) is 3.91. The quantitative estimate of drug-likeness (QED) is 0.886. The number of nitrogens with zero attached hydrogens (tertiary/aromatic N) is 3. The van der Waals surface area contributed by atoms with Crippen molar-refractivity contribution in [1.82, 2.24) is 14.7 Å². The van der Waals surface area contributed by atoms with E-state index in [4.69, 9.17) is 5.73 Å². The molecule has 2 heterocycles. The lowest BCUT2D eigenvalue weighted by molar-refractivity contribution is 0.314. The molecule has 2 N–H and O–H groups in total. The Morgan fingerprint density at radius 3 is 3.00 bits per heavy atom. The molecule has 1 aliphatic heterocycles. The topological polar surface area (TPSA) is 47.1 Å². The maximum atomic E-state index is 5.74. The number of fused-ring (bicyclic) bond motifs is 1. The van der Waals surface area contributed by atoms with E-state index in [0.29, 0.717) is 5.92 Å². The lowest BCUT2D eigenvalue weighted by Gasteiger charge is -2.14. The van der Waals surface area contributed by atoms with Gasteiger partial charge in [0.1, 0.15) is 0 Å². The van der Waals surface area contributed by atoms with E-state index in [0.717, 1.165) is 26.2 Å². The molecule has 4 heteroatoms. The molecule has 4 nitrogen and oxygen atoms in total. The summed E-state index contributed by atoms with van der Waals surface area (Å²) >= 11 is 0. The molecule has 18 heavy (non-hydrogen) atoms. The van der Waals surface area contributed by atoms with E-state index in [1.807, 2.05) is 11.7 Å². The van der Waals surface area contributed by atoms with Crippen LogP contribution in [0.5, 0.6) is 0 Å². The fourth-order valence-electron chi connectivity index (χ4n) is 2.87. The number of para-hydroxylation sites is 1. The zero-order valence-electron chi connectivity index (χ0n) is 10.8. The Morgan fingerprint density at radius 2 is 2.22 bits per heavy atom. The number of rotatable bonds is 3. The monoisotopic (exact) mass is 244 g/mol. The van der Waals surface area contributed by atoms with Crippen LogP contribution in [-0.2, 0) is 13.6 Å². The van der Waals surface area contributed by atoms with Gasteiger partial charge in [-0.3, -0.25) is 9.58 Å². The van der Waals surface area contributed by atoms with Gasteiger partial charge in [0.05, 0.1) is 11.2 Å². The smallest absolute Gasteiger partial charge is 0.0843 e. The van der Waals surface area contributed by atoms with Crippen LogP contribution < -0.4 is 5.73 Å². The van der Waals surface area contributed by atoms with Crippen LogP contribution in [0.2, 0.25) is 0 Å². The highest BCUT2D eigenvalue weighted by atomic mass is 15.3. The number of hydrogen-bond donors (Lipinski definition) is 1. The molecular weight excluding hydrogens is 224 g/mol. The van der Waals surface area contributed by atoms with Crippen molar-refractivity contribution >= 4 is 10.9 Å². The van der Waals surface area contributed by atoms with E-state index in [9.17, 15) is 0 Å². The first-order valence-electron chi connectivity index (χ1n) is 6.61. The third kappa shape index (κ3) is 2.02. The summed E-state index contributed by atoms with van der Waals surface area (Å²) in [5.74, 6) is 0.667. The van der Waals surface area contributed by atoms with Gasteiger partial charge in [-0.1, -0.05) is 18.2 Å². The molecule has 3 rings (SSSR count). The predicted molar refractivity (Wildman–Crippen MR) is 73.2 cm³/mol. The van der Waals surface area contributed by atoms with Crippen LogP contribution in [0.1, 0.15) is 12.1 Å². The predicted octanol–water partition coefficient (Wildman–Crippen LogP) is 1.35. The van der Waals surface area contributed by atoms with Gasteiger partial charge in [-0.2, -0.15) is 5.10 Å². The van der Waals surface area contributed by atoms with Gasteiger partial charge in [0.25, 0.3) is 0 Å². The molecule has 1 aromatic heterocycles. The summed E-state index contributed by atoms with van der Waals surface area (Å²) in [6.45, 7) is 4.01. The molecule has 1 aromatic carbocycles. The maximum absolute atomic E-state index is 5.74. The number of nitrogens with two attached hydrogens (primary N) is 1. The maximum Gasteiger partial charge on any atom is 0.0843 e. The molecule has 1 fully saturated rings. The molecule has 0 amide bonds. The summed E-state index contributed by atoms with van der Waals surface area (Å²) in [5, 5.41) is 5.92. The van der Waals surface area contributed by atoms with Crippen molar-refractivity contribution in [2.24, 2.45) is 18.7 Å². The van der Waals surface area contributed by atoms with Gasteiger partial charge in [0, 0.05) is 25.5 Å². The van der Waals surface area contributed by atoms with Gasteiger partial charge >= 0.3 is 0 Å². The van der Waals surface area contributed by atoms with E-state index in [1.54, 1.807) is 0 Å². The number of benzene rings is 1. The highest BCUT2D eigenvalue weighted by Gasteiger charge is 2.22. The Bertz CT molecular complexity index is 546. The summed E-state index contributed by atoms with van der Waals surface area (Å²) in [5.41, 5.74) is 8.13. The minimum absolute atomic E-state index is 0.667. The van der Waals surface area contributed by atoms with E-state index >= 15 is 0 Å². The average molecular weight is 244 g/mol. The molecule has 1 unspecified atom stereocenters. The van der Waals surface area contributed by atoms with Crippen LogP contribution in [-0.4, -0.2) is 34.3 Å². The zero-order valence-corrected chi connectivity index (χ0v) is 10.8. The zero-order chi connectivity index (χ0) is 12.5. The van der Waals surface area contributed by atoms with Gasteiger partial charge in [0.2, 0.25) is 0 Å². The second kappa shape index (κ2) is 4.71. The Labute approximate surface area is 107 Å². The van der Waals surface area contributed by atoms with E-state index in [-0.39, 0.29) is 0 Å². The van der Waals surface area contributed by atoms with Crippen LogP contribution in [0.3, 0.4) is 0 Å². The van der Waals surface area contributed by atoms with Crippen LogP contribution in [0.25, 0.3) is 10.9 Å².